The van der Waals surface area contributed by atoms with Gasteiger partial charge in [0, 0.05) is 30.5 Å². The predicted molar refractivity (Wildman–Crippen MR) is 102 cm³/mol. The molecule has 0 spiro atoms. The van der Waals surface area contributed by atoms with Crippen molar-refractivity contribution in [1.82, 2.24) is 14.3 Å². The number of pyridine rings is 1. The molecule has 0 fully saturated rings. The third-order valence-electron chi connectivity index (χ3n) is 4.99. The summed E-state index contributed by atoms with van der Waals surface area (Å²) in [7, 11) is 1.77. The summed E-state index contributed by atoms with van der Waals surface area (Å²) in [6, 6.07) is 9.70. The van der Waals surface area contributed by atoms with Crippen molar-refractivity contribution in [3.05, 3.63) is 58.0 Å². The molecule has 1 amide bonds. The van der Waals surface area contributed by atoms with Gasteiger partial charge >= 0.3 is 0 Å². The average molecular weight is 350 g/mol. The minimum absolute atomic E-state index is 0.0714. The molecule has 0 bridgehead atoms. The van der Waals surface area contributed by atoms with E-state index in [-0.39, 0.29) is 29.3 Å². The lowest BCUT2D eigenvalue weighted by atomic mass is 9.87. The van der Waals surface area contributed by atoms with E-state index in [1.165, 1.54) is 0 Å². The van der Waals surface area contributed by atoms with Crippen LogP contribution in [0, 0.1) is 0 Å². The number of nitrogens with one attached hydrogen (secondary N) is 1. The summed E-state index contributed by atoms with van der Waals surface area (Å²) in [6.45, 7) is 6.10. The van der Waals surface area contributed by atoms with E-state index in [1.807, 2.05) is 55.8 Å². The van der Waals surface area contributed by atoms with E-state index in [1.54, 1.807) is 17.8 Å². The summed E-state index contributed by atoms with van der Waals surface area (Å²) in [5, 5.41) is 8.41. The second kappa shape index (κ2) is 5.56. The molecule has 2 aromatic heterocycles. The van der Waals surface area contributed by atoms with Crippen molar-refractivity contribution in [1.29, 1.82) is 0 Å². The van der Waals surface area contributed by atoms with E-state index >= 15 is 0 Å². The molecule has 4 rings (SSSR count). The van der Waals surface area contributed by atoms with Crippen LogP contribution in [0.4, 0.5) is 5.82 Å². The zero-order chi connectivity index (χ0) is 18.6. The Kier molecular flexibility index (Phi) is 3.54. The second-order valence-corrected chi connectivity index (χ2v) is 7.86. The topological polar surface area (TPSA) is 68.9 Å². The van der Waals surface area contributed by atoms with E-state index < -0.39 is 0 Å². The summed E-state index contributed by atoms with van der Waals surface area (Å²) in [4.78, 5) is 25.4. The van der Waals surface area contributed by atoms with Gasteiger partial charge in [-0.05, 0) is 38.3 Å². The number of rotatable bonds is 1. The summed E-state index contributed by atoms with van der Waals surface area (Å²) in [5.74, 6) is 0.302. The highest BCUT2D eigenvalue weighted by Gasteiger charge is 2.34. The number of aromatic nitrogens is 3. The fourth-order valence-electron chi connectivity index (χ4n) is 3.70. The molecule has 6 nitrogen and oxygen atoms in total. The van der Waals surface area contributed by atoms with Crippen LogP contribution in [-0.2, 0) is 17.4 Å². The minimum Gasteiger partial charge on any atom is -0.311 e. The normalized spacial score (nSPS) is 17.2. The number of anilines is 1. The van der Waals surface area contributed by atoms with E-state index in [0.29, 0.717) is 11.4 Å². The number of aryl methyl sites for hydroxylation is 1. The van der Waals surface area contributed by atoms with Gasteiger partial charge in [0.25, 0.3) is 5.56 Å². The number of nitrogens with zero attached hydrogens (tertiary/aromatic N) is 3. The van der Waals surface area contributed by atoms with Crippen LogP contribution in [0.3, 0.4) is 0 Å². The summed E-state index contributed by atoms with van der Waals surface area (Å²) in [6.07, 6.45) is 2.02. The molecular formula is C20H22N4O2. The highest BCUT2D eigenvalue weighted by Crippen LogP contribution is 2.38. The molecule has 3 heterocycles. The van der Waals surface area contributed by atoms with Gasteiger partial charge in [-0.1, -0.05) is 18.2 Å². The second-order valence-electron chi connectivity index (χ2n) is 7.86. The Hall–Kier alpha value is -2.89. The molecule has 1 aromatic carbocycles. The third kappa shape index (κ3) is 2.44. The number of carbonyl (C=O) groups is 1. The SMILES string of the molecule is Cn1c(=O)c([C@@H]2CC(=O)Nc3c2cnn3C(C)(C)C)cc2ccccc21. The van der Waals surface area contributed by atoms with Gasteiger partial charge in [-0.3, -0.25) is 9.59 Å². The highest BCUT2D eigenvalue weighted by molar-refractivity contribution is 5.94. The smallest absolute Gasteiger partial charge is 0.254 e. The van der Waals surface area contributed by atoms with Crippen molar-refractivity contribution < 1.29 is 4.79 Å². The Morgan fingerprint density at radius 3 is 2.62 bits per heavy atom. The molecule has 6 heteroatoms. The molecule has 0 unspecified atom stereocenters. The standard InChI is InChI=1S/C20H22N4O2/c1-20(2,3)24-18-15(11-21-24)13(10-17(25)22-18)14-9-12-7-5-6-8-16(12)23(4)19(14)26/h5-9,11,13H,10H2,1-4H3,(H,22,25)/t13-/m0/s1. The molecule has 0 radical (unpaired) electrons. The lowest BCUT2D eigenvalue weighted by Crippen LogP contribution is -2.32. The average Bonchev–Trinajstić information content (AvgIpc) is 3.01. The van der Waals surface area contributed by atoms with Gasteiger partial charge in [0.05, 0.1) is 17.3 Å². The number of amides is 1. The third-order valence-corrected chi connectivity index (χ3v) is 4.99. The van der Waals surface area contributed by atoms with Crippen LogP contribution < -0.4 is 10.9 Å². The maximum absolute atomic E-state index is 13.0. The van der Waals surface area contributed by atoms with Crippen molar-refractivity contribution in [2.75, 3.05) is 5.32 Å². The minimum atomic E-state index is -0.293. The van der Waals surface area contributed by atoms with Crippen molar-refractivity contribution in [2.24, 2.45) is 7.05 Å². The Labute approximate surface area is 151 Å². The number of fused-ring (bicyclic) bond motifs is 2. The Balaban J connectivity index is 1.95. The van der Waals surface area contributed by atoms with Crippen LogP contribution in [0.5, 0.6) is 0 Å². The first kappa shape index (κ1) is 16.6. The van der Waals surface area contributed by atoms with E-state index in [4.69, 9.17) is 0 Å². The van der Waals surface area contributed by atoms with Crippen LogP contribution in [0.15, 0.2) is 41.3 Å². The number of hydrogen-bond acceptors (Lipinski definition) is 3. The number of para-hydroxylation sites is 1. The summed E-state index contributed by atoms with van der Waals surface area (Å²) >= 11 is 0. The van der Waals surface area contributed by atoms with Gasteiger partial charge in [0.2, 0.25) is 5.91 Å². The number of hydrogen-bond donors (Lipinski definition) is 1. The maximum Gasteiger partial charge on any atom is 0.254 e. The first-order valence-corrected chi connectivity index (χ1v) is 8.74. The van der Waals surface area contributed by atoms with Crippen molar-refractivity contribution in [3.63, 3.8) is 0 Å². The Morgan fingerprint density at radius 2 is 1.88 bits per heavy atom. The van der Waals surface area contributed by atoms with E-state index in [9.17, 15) is 9.59 Å². The zero-order valence-electron chi connectivity index (χ0n) is 15.4. The van der Waals surface area contributed by atoms with Crippen LogP contribution >= 0.6 is 0 Å². The first-order chi connectivity index (χ1) is 12.3. The van der Waals surface area contributed by atoms with Gasteiger partial charge in [-0.15, -0.1) is 0 Å². The molecule has 3 aromatic rings. The maximum atomic E-state index is 13.0. The molecule has 0 aliphatic carbocycles. The number of benzene rings is 1. The van der Waals surface area contributed by atoms with Crippen molar-refractivity contribution in [2.45, 2.75) is 38.6 Å². The quantitative estimate of drug-likeness (QED) is 0.734. The van der Waals surface area contributed by atoms with Gasteiger partial charge in [-0.25, -0.2) is 4.68 Å². The molecule has 1 aliphatic heterocycles. The van der Waals surface area contributed by atoms with Crippen molar-refractivity contribution in [3.8, 4) is 0 Å². The lowest BCUT2D eigenvalue weighted by molar-refractivity contribution is -0.116. The zero-order valence-corrected chi connectivity index (χ0v) is 15.4. The van der Waals surface area contributed by atoms with Gasteiger partial charge in [0.15, 0.2) is 0 Å². The van der Waals surface area contributed by atoms with Gasteiger partial charge in [0.1, 0.15) is 5.82 Å². The van der Waals surface area contributed by atoms with Crippen LogP contribution in [-0.4, -0.2) is 20.3 Å². The van der Waals surface area contributed by atoms with Crippen molar-refractivity contribution >= 4 is 22.6 Å². The molecule has 0 saturated heterocycles. The lowest BCUT2D eigenvalue weighted by Gasteiger charge is -2.28. The first-order valence-electron chi connectivity index (χ1n) is 8.74. The van der Waals surface area contributed by atoms with Crippen LogP contribution in [0.1, 0.15) is 44.2 Å². The van der Waals surface area contributed by atoms with Crippen LogP contribution in [0.25, 0.3) is 10.9 Å². The largest absolute Gasteiger partial charge is 0.311 e. The Bertz CT molecular complexity index is 1090. The van der Waals surface area contributed by atoms with Gasteiger partial charge < -0.3 is 9.88 Å². The molecule has 26 heavy (non-hydrogen) atoms. The molecule has 1 N–H and O–H groups in total. The molecule has 1 aliphatic rings. The fourth-order valence-corrected chi connectivity index (χ4v) is 3.70. The fraction of sp³-hybridized carbons (Fsp3) is 0.350. The monoisotopic (exact) mass is 350 g/mol. The van der Waals surface area contributed by atoms with E-state index in [0.717, 1.165) is 16.5 Å². The number of carbonyl (C=O) groups excluding carboxylic acids is 1. The highest BCUT2D eigenvalue weighted by atomic mass is 16.2. The predicted octanol–water partition coefficient (Wildman–Crippen LogP) is 2.96. The Morgan fingerprint density at radius 1 is 1.15 bits per heavy atom. The molecule has 1 atom stereocenters. The van der Waals surface area contributed by atoms with Crippen LogP contribution in [0.2, 0.25) is 0 Å². The molecule has 0 saturated carbocycles. The molecule has 134 valence electrons. The summed E-state index contributed by atoms with van der Waals surface area (Å²) < 4.78 is 3.48. The summed E-state index contributed by atoms with van der Waals surface area (Å²) in [5.41, 5.74) is 2.07. The van der Waals surface area contributed by atoms with Gasteiger partial charge in [-0.2, -0.15) is 5.10 Å². The molecular weight excluding hydrogens is 328 g/mol. The van der Waals surface area contributed by atoms with E-state index in [2.05, 4.69) is 10.4 Å².